The van der Waals surface area contributed by atoms with Crippen molar-refractivity contribution in [3.63, 3.8) is 0 Å². The van der Waals surface area contributed by atoms with E-state index in [9.17, 15) is 9.59 Å². The second-order valence-corrected chi connectivity index (χ2v) is 6.39. The number of carbonyl (C=O) groups excluding carboxylic acids is 2. The largest absolute Gasteiger partial charge is 0.341 e. The van der Waals surface area contributed by atoms with Gasteiger partial charge in [0.25, 0.3) is 0 Å². The van der Waals surface area contributed by atoms with E-state index in [2.05, 4.69) is 10.4 Å². The molecule has 2 rings (SSSR count). The van der Waals surface area contributed by atoms with Gasteiger partial charge in [-0.1, -0.05) is 19.3 Å². The fourth-order valence-electron chi connectivity index (χ4n) is 3.34. The second kappa shape index (κ2) is 8.13. The molecule has 132 valence electrons. The monoisotopic (exact) mass is 332 g/mol. The zero-order chi connectivity index (χ0) is 17.6. The third kappa shape index (κ3) is 4.24. The van der Waals surface area contributed by atoms with E-state index >= 15 is 0 Å². The average molecular weight is 332 g/mol. The molecule has 6 heteroatoms. The number of nitrogens with zero attached hydrogens (tertiary/aromatic N) is 3. The molecule has 1 heterocycles. The minimum Gasteiger partial charge on any atom is -0.341 e. The molecule has 1 aliphatic rings. The first kappa shape index (κ1) is 18.2. The van der Waals surface area contributed by atoms with Crippen molar-refractivity contribution in [2.24, 2.45) is 7.05 Å². The van der Waals surface area contributed by atoms with Crippen LogP contribution in [0.1, 0.15) is 51.5 Å². The fraction of sp³-hybridized carbons (Fsp3) is 0.611. The summed E-state index contributed by atoms with van der Waals surface area (Å²) in [5.74, 6) is -0.170. The Morgan fingerprint density at radius 2 is 1.96 bits per heavy atom. The summed E-state index contributed by atoms with van der Waals surface area (Å²) >= 11 is 0. The van der Waals surface area contributed by atoms with E-state index in [4.69, 9.17) is 0 Å². The van der Waals surface area contributed by atoms with E-state index in [1.165, 1.54) is 6.08 Å². The Hall–Kier alpha value is -2.11. The molecule has 1 fully saturated rings. The smallest absolute Gasteiger partial charge is 0.248 e. The number of likely N-dealkylation sites (N-methyl/N-ethyl adjacent to an activating group) is 1. The molecule has 1 saturated carbocycles. The molecular formula is C18H28N4O2. The lowest BCUT2D eigenvalue weighted by molar-refractivity contribution is -0.142. The highest BCUT2D eigenvalue weighted by molar-refractivity contribution is 5.97. The van der Waals surface area contributed by atoms with Crippen molar-refractivity contribution in [3.05, 3.63) is 24.0 Å². The van der Waals surface area contributed by atoms with Crippen LogP contribution < -0.4 is 5.32 Å². The lowest BCUT2D eigenvalue weighted by Gasteiger charge is -2.39. The van der Waals surface area contributed by atoms with Crippen LogP contribution in [-0.2, 0) is 16.6 Å². The number of rotatable bonds is 6. The van der Waals surface area contributed by atoms with Crippen LogP contribution in [0, 0.1) is 0 Å². The fourth-order valence-corrected chi connectivity index (χ4v) is 3.34. The van der Waals surface area contributed by atoms with E-state index in [1.807, 2.05) is 32.0 Å². The van der Waals surface area contributed by atoms with Crippen molar-refractivity contribution < 1.29 is 9.59 Å². The van der Waals surface area contributed by atoms with Gasteiger partial charge < -0.3 is 10.2 Å². The number of aromatic nitrogens is 2. The predicted molar refractivity (Wildman–Crippen MR) is 94.1 cm³/mol. The molecule has 1 aromatic heterocycles. The van der Waals surface area contributed by atoms with Crippen molar-refractivity contribution in [3.8, 4) is 0 Å². The average Bonchev–Trinajstić information content (AvgIpc) is 3.00. The first-order valence-electron chi connectivity index (χ1n) is 8.79. The van der Waals surface area contributed by atoms with Crippen LogP contribution in [0.15, 0.2) is 18.5 Å². The lowest BCUT2D eigenvalue weighted by atomic mass is 9.80. The normalized spacial score (nSPS) is 17.0. The predicted octanol–water partition coefficient (Wildman–Crippen LogP) is 2.12. The first-order valence-corrected chi connectivity index (χ1v) is 8.79. The second-order valence-electron chi connectivity index (χ2n) is 6.39. The maximum absolute atomic E-state index is 13.0. The van der Waals surface area contributed by atoms with Gasteiger partial charge in [0, 0.05) is 38.0 Å². The maximum atomic E-state index is 13.0. The van der Waals surface area contributed by atoms with Gasteiger partial charge in [-0.05, 0) is 32.8 Å². The number of amides is 2. The van der Waals surface area contributed by atoms with Crippen molar-refractivity contribution in [2.75, 3.05) is 13.1 Å². The van der Waals surface area contributed by atoms with Gasteiger partial charge in [0.05, 0.1) is 6.20 Å². The summed E-state index contributed by atoms with van der Waals surface area (Å²) in [7, 11) is 1.83. The molecule has 0 saturated heterocycles. The number of nitrogens with one attached hydrogen (secondary N) is 1. The minimum atomic E-state index is -0.749. The highest BCUT2D eigenvalue weighted by Gasteiger charge is 2.42. The Balaban J connectivity index is 2.11. The number of hydrogen-bond donors (Lipinski definition) is 1. The lowest BCUT2D eigenvalue weighted by Crippen LogP contribution is -2.60. The van der Waals surface area contributed by atoms with Crippen LogP contribution in [0.2, 0.25) is 0 Å². The Morgan fingerprint density at radius 1 is 1.29 bits per heavy atom. The van der Waals surface area contributed by atoms with Gasteiger partial charge >= 0.3 is 0 Å². The number of aryl methyl sites for hydroxylation is 1. The van der Waals surface area contributed by atoms with Crippen molar-refractivity contribution in [2.45, 2.75) is 51.5 Å². The summed E-state index contributed by atoms with van der Waals surface area (Å²) in [5.41, 5.74) is 0.112. The minimum absolute atomic E-state index is 0.0512. The van der Waals surface area contributed by atoms with E-state index in [-0.39, 0.29) is 11.8 Å². The van der Waals surface area contributed by atoms with Gasteiger partial charge in [0.1, 0.15) is 5.54 Å². The van der Waals surface area contributed by atoms with Gasteiger partial charge in [-0.3, -0.25) is 14.3 Å². The quantitative estimate of drug-likeness (QED) is 0.812. The van der Waals surface area contributed by atoms with Crippen LogP contribution in [0.3, 0.4) is 0 Å². The van der Waals surface area contributed by atoms with E-state index in [0.29, 0.717) is 13.1 Å². The van der Waals surface area contributed by atoms with E-state index in [1.54, 1.807) is 17.0 Å². The van der Waals surface area contributed by atoms with Gasteiger partial charge in [-0.2, -0.15) is 5.10 Å². The Kier molecular flexibility index (Phi) is 6.17. The van der Waals surface area contributed by atoms with E-state index in [0.717, 1.165) is 37.7 Å². The summed E-state index contributed by atoms with van der Waals surface area (Å²) in [5, 5.41) is 7.08. The van der Waals surface area contributed by atoms with E-state index < -0.39 is 5.54 Å². The van der Waals surface area contributed by atoms with Crippen LogP contribution in [0.5, 0.6) is 0 Å². The molecule has 0 radical (unpaired) electrons. The molecule has 0 aromatic carbocycles. The zero-order valence-electron chi connectivity index (χ0n) is 14.9. The molecule has 0 spiro atoms. The molecule has 0 aliphatic heterocycles. The Labute approximate surface area is 143 Å². The third-order valence-electron chi connectivity index (χ3n) is 4.68. The molecule has 1 aliphatic carbocycles. The first-order chi connectivity index (χ1) is 11.5. The molecule has 0 atom stereocenters. The molecule has 2 amide bonds. The molecule has 24 heavy (non-hydrogen) atoms. The van der Waals surface area contributed by atoms with Crippen molar-refractivity contribution in [1.82, 2.24) is 20.0 Å². The van der Waals surface area contributed by atoms with Crippen LogP contribution in [-0.4, -0.2) is 45.1 Å². The SMILES string of the molecule is CCN(CC)C(=O)C1(NC(=O)/C=C\c2cnn(C)c2)CCCCC1. The van der Waals surface area contributed by atoms with Gasteiger partial charge in [-0.15, -0.1) is 0 Å². The van der Waals surface area contributed by atoms with Gasteiger partial charge in [0.15, 0.2) is 0 Å². The van der Waals surface area contributed by atoms with Crippen LogP contribution >= 0.6 is 0 Å². The van der Waals surface area contributed by atoms with Crippen molar-refractivity contribution >= 4 is 17.9 Å². The highest BCUT2D eigenvalue weighted by atomic mass is 16.2. The standard InChI is InChI=1S/C18H28N4O2/c1-4-22(5-2)17(24)18(11-7-6-8-12-18)20-16(23)10-9-15-13-19-21(3)14-15/h9-10,13-14H,4-8,11-12H2,1-3H3,(H,20,23)/b10-9-. The zero-order valence-corrected chi connectivity index (χ0v) is 14.9. The molecule has 1 aromatic rings. The van der Waals surface area contributed by atoms with Crippen molar-refractivity contribution in [1.29, 1.82) is 0 Å². The molecule has 0 bridgehead atoms. The topological polar surface area (TPSA) is 67.2 Å². The maximum Gasteiger partial charge on any atom is 0.248 e. The van der Waals surface area contributed by atoms with Crippen LogP contribution in [0.25, 0.3) is 6.08 Å². The summed E-state index contributed by atoms with van der Waals surface area (Å²) < 4.78 is 1.68. The third-order valence-corrected chi connectivity index (χ3v) is 4.68. The van der Waals surface area contributed by atoms with Crippen LogP contribution in [0.4, 0.5) is 0 Å². The highest BCUT2D eigenvalue weighted by Crippen LogP contribution is 2.30. The van der Waals surface area contributed by atoms with Gasteiger partial charge in [-0.25, -0.2) is 0 Å². The molecular weight excluding hydrogens is 304 g/mol. The van der Waals surface area contributed by atoms with Gasteiger partial charge in [0.2, 0.25) is 11.8 Å². The summed E-state index contributed by atoms with van der Waals surface area (Å²) in [6, 6.07) is 0. The summed E-state index contributed by atoms with van der Waals surface area (Å²) in [4.78, 5) is 27.2. The Bertz CT molecular complexity index is 596. The summed E-state index contributed by atoms with van der Waals surface area (Å²) in [6.45, 7) is 5.28. The molecule has 1 N–H and O–H groups in total. The molecule has 0 unspecified atom stereocenters. The molecule has 6 nitrogen and oxygen atoms in total. The number of hydrogen-bond acceptors (Lipinski definition) is 3. The summed E-state index contributed by atoms with van der Waals surface area (Å²) in [6.07, 6.45) is 11.2. The number of carbonyl (C=O) groups is 2. The Morgan fingerprint density at radius 3 is 2.50 bits per heavy atom.